The zero-order valence-corrected chi connectivity index (χ0v) is 45.7. The minimum atomic E-state index is -2.07. The van der Waals surface area contributed by atoms with Crippen molar-refractivity contribution < 1.29 is 85.7 Å². The minimum absolute atomic E-state index is 0.00503. The van der Waals surface area contributed by atoms with Crippen LogP contribution < -0.4 is 5.32 Å². The fraction of sp³-hybridized carbons (Fsp3) is 0.219. The topological polar surface area (TPSA) is 233 Å². The van der Waals surface area contributed by atoms with Gasteiger partial charge in [-0.05, 0) is 104 Å². The highest BCUT2D eigenvalue weighted by molar-refractivity contribution is 7.80. The van der Waals surface area contributed by atoms with Gasteiger partial charge in [-0.2, -0.15) is 0 Å². The molecule has 19 nitrogen and oxygen atoms in total. The lowest BCUT2D eigenvalue weighted by Crippen LogP contribution is -2.69. The summed E-state index contributed by atoms with van der Waals surface area (Å²) < 4.78 is 69.5. The summed E-state index contributed by atoms with van der Waals surface area (Å²) in [6, 6.07) is 54.7. The number of ether oxygens (including phenoxy) is 11. The average molecular weight is 1160 g/mol. The van der Waals surface area contributed by atoms with Crippen molar-refractivity contribution in [1.29, 1.82) is 0 Å². The smallest absolute Gasteiger partial charge is 0.338 e. The predicted molar refractivity (Wildman–Crippen MR) is 301 cm³/mol. The lowest BCUT2D eigenvalue weighted by Gasteiger charge is -2.49. The van der Waals surface area contributed by atoms with Crippen LogP contribution in [-0.2, 0) is 52.1 Å². The number of esters is 7. The molecule has 0 unspecified atom stereocenters. The molecule has 10 atom stereocenters. The van der Waals surface area contributed by atoms with Crippen LogP contribution in [0.2, 0.25) is 0 Å². The number of carbonyl (C=O) groups is 7. The number of hydrogen-bond acceptors (Lipinski definition) is 19. The number of rotatable bonds is 20. The first-order chi connectivity index (χ1) is 40.9. The van der Waals surface area contributed by atoms with Crippen molar-refractivity contribution in [3.63, 3.8) is 0 Å². The molecule has 2 aliphatic rings. The molecule has 0 radical (unpaired) electrons. The zero-order valence-electron chi connectivity index (χ0n) is 44.9. The molecule has 1 N–H and O–H groups in total. The quantitative estimate of drug-likeness (QED) is 0.0427. The standard InChI is InChI=1S/C64H55NO18S/c1-2-73-64(84)65-55-53(81-61(71)45-34-20-8-21-35-45)51(79-59(69)43-30-16-6-17-31-43)50(47(76-55)38-74-56(66)40-24-10-3-11-25-40)83-63-54(82-62(72)46-36-22-9-23-37-46)52(80-60(70)44-32-18-7-19-33-44)49(78-58(68)42-28-14-5-15-29-42)48(77-63)39-75-57(67)41-26-12-4-13-27-41/h3-37,47-55,63H,2,38-39H2,1H3,(H,65,84)/t47-,48-,49-,50-,51+,52+,53-,54-,55-,63-/m1/s1. The molecule has 2 fully saturated rings. The van der Waals surface area contributed by atoms with Crippen LogP contribution >= 0.6 is 12.2 Å². The van der Waals surface area contributed by atoms with Gasteiger partial charge in [-0.3, -0.25) is 0 Å². The molecular formula is C64H55NO18S. The zero-order chi connectivity index (χ0) is 58.8. The summed E-state index contributed by atoms with van der Waals surface area (Å²) in [7, 11) is 0. The van der Waals surface area contributed by atoms with Crippen LogP contribution in [0.5, 0.6) is 0 Å². The Bertz CT molecular complexity index is 3350. The highest BCUT2D eigenvalue weighted by atomic mass is 32.1. The Morgan fingerprint density at radius 3 is 0.988 bits per heavy atom. The molecule has 2 heterocycles. The first-order valence-corrected chi connectivity index (χ1v) is 27.0. The number of hydrogen-bond donors (Lipinski definition) is 1. The number of carbonyl (C=O) groups excluding carboxylic acids is 7. The normalized spacial score (nSPS) is 21.6. The van der Waals surface area contributed by atoms with Crippen LogP contribution in [0.3, 0.4) is 0 Å². The van der Waals surface area contributed by atoms with E-state index in [1.54, 1.807) is 134 Å². The summed E-state index contributed by atoms with van der Waals surface area (Å²) >= 11 is 5.54. The first-order valence-electron chi connectivity index (χ1n) is 26.6. The van der Waals surface area contributed by atoms with Gasteiger partial charge in [0, 0.05) is 0 Å². The van der Waals surface area contributed by atoms with Crippen LogP contribution in [0.4, 0.5) is 0 Å². The number of nitrogens with one attached hydrogen (secondary N) is 1. The molecular weight excluding hydrogens is 1100 g/mol. The van der Waals surface area contributed by atoms with Gasteiger partial charge in [0.2, 0.25) is 0 Å². The number of thiocarbonyl (C=S) groups is 1. The van der Waals surface area contributed by atoms with Gasteiger partial charge in [0.05, 0.1) is 45.6 Å². The van der Waals surface area contributed by atoms with Gasteiger partial charge in [0.1, 0.15) is 31.5 Å². The third kappa shape index (κ3) is 15.3. The molecule has 0 bridgehead atoms. The highest BCUT2D eigenvalue weighted by Gasteiger charge is 2.58. The molecule has 2 aliphatic heterocycles. The van der Waals surface area contributed by atoms with E-state index in [-0.39, 0.29) is 50.7 Å². The Morgan fingerprint density at radius 2 is 0.643 bits per heavy atom. The maximum atomic E-state index is 14.6. The van der Waals surface area contributed by atoms with Crippen molar-refractivity contribution in [2.75, 3.05) is 19.8 Å². The van der Waals surface area contributed by atoms with Crippen molar-refractivity contribution >= 4 is 59.2 Å². The fourth-order valence-electron chi connectivity index (χ4n) is 9.02. The van der Waals surface area contributed by atoms with Gasteiger partial charge in [-0.15, -0.1) is 0 Å². The lowest BCUT2D eigenvalue weighted by atomic mass is 9.95. The molecule has 7 aromatic rings. The van der Waals surface area contributed by atoms with Crippen molar-refractivity contribution in [2.45, 2.75) is 68.3 Å². The van der Waals surface area contributed by atoms with Gasteiger partial charge >= 0.3 is 41.8 Å². The Hall–Kier alpha value is -9.60. The summed E-state index contributed by atoms with van der Waals surface area (Å²) in [5.41, 5.74) is 0.389. The summed E-state index contributed by atoms with van der Waals surface area (Å²) in [6.45, 7) is 0.287. The van der Waals surface area contributed by atoms with Crippen molar-refractivity contribution in [1.82, 2.24) is 5.32 Å². The highest BCUT2D eigenvalue weighted by Crippen LogP contribution is 2.37. The molecule has 20 heteroatoms. The summed E-state index contributed by atoms with van der Waals surface area (Å²) in [6.07, 6.45) is -18.1. The summed E-state index contributed by atoms with van der Waals surface area (Å²) in [4.78, 5) is 100. The maximum absolute atomic E-state index is 14.6. The van der Waals surface area contributed by atoms with E-state index in [0.717, 1.165) is 0 Å². The SMILES string of the molecule is CCOC(=S)N[C@@H]1O[C@H](COC(=O)c2ccccc2)[C@@H](O[C@H]2O[C@H](COC(=O)c3ccccc3)[C@@H](OC(=O)c3ccccc3)[C@H](OC(=O)c3ccccc3)[C@H]2OC(=O)c2ccccc2)[C@H](OC(=O)c2ccccc2)[C@H]1OC(=O)c1ccccc1. The minimum Gasteiger partial charge on any atom is -0.471 e. The number of benzene rings is 7. The summed E-state index contributed by atoms with van der Waals surface area (Å²) in [5.74, 6) is -6.58. The van der Waals surface area contributed by atoms with E-state index in [1.165, 1.54) is 84.9 Å². The van der Waals surface area contributed by atoms with Crippen molar-refractivity contribution in [3.05, 3.63) is 251 Å². The molecule has 0 saturated carbocycles. The van der Waals surface area contributed by atoms with Gasteiger partial charge in [0.25, 0.3) is 5.17 Å². The third-order valence-electron chi connectivity index (χ3n) is 13.1. The van der Waals surface area contributed by atoms with Crippen LogP contribution in [0.15, 0.2) is 212 Å². The van der Waals surface area contributed by atoms with E-state index in [0.29, 0.717) is 0 Å². The van der Waals surface area contributed by atoms with Crippen LogP contribution in [0, 0.1) is 0 Å². The van der Waals surface area contributed by atoms with E-state index in [2.05, 4.69) is 5.32 Å². The first kappa shape index (κ1) is 59.0. The van der Waals surface area contributed by atoms with E-state index in [1.807, 2.05) is 0 Å². The second kappa shape index (κ2) is 28.9. The Morgan fingerprint density at radius 1 is 0.357 bits per heavy atom. The largest absolute Gasteiger partial charge is 0.471 e. The second-order valence-corrected chi connectivity index (χ2v) is 19.1. The van der Waals surface area contributed by atoms with Gasteiger partial charge < -0.3 is 57.4 Å². The van der Waals surface area contributed by atoms with Crippen molar-refractivity contribution in [3.8, 4) is 0 Å². The average Bonchev–Trinajstić information content (AvgIpc) is 3.71. The van der Waals surface area contributed by atoms with Gasteiger partial charge in [-0.1, -0.05) is 127 Å². The van der Waals surface area contributed by atoms with E-state index in [4.69, 9.17) is 64.3 Å². The van der Waals surface area contributed by atoms with Crippen LogP contribution in [0.1, 0.15) is 79.4 Å². The van der Waals surface area contributed by atoms with Crippen molar-refractivity contribution in [2.24, 2.45) is 0 Å². The Labute approximate surface area is 487 Å². The Balaban J connectivity index is 1.22. The second-order valence-electron chi connectivity index (χ2n) is 18.7. The molecule has 7 aromatic carbocycles. The molecule has 0 spiro atoms. The molecule has 9 rings (SSSR count). The molecule has 0 aliphatic carbocycles. The molecule has 0 aromatic heterocycles. The van der Waals surface area contributed by atoms with E-state index in [9.17, 15) is 33.6 Å². The Kier molecular flexibility index (Phi) is 20.3. The summed E-state index contributed by atoms with van der Waals surface area (Å²) in [5, 5.41) is 2.65. The van der Waals surface area contributed by atoms with Gasteiger partial charge in [-0.25, -0.2) is 33.6 Å². The molecule has 0 amide bonds. The monoisotopic (exact) mass is 1160 g/mol. The maximum Gasteiger partial charge on any atom is 0.338 e. The molecule has 430 valence electrons. The van der Waals surface area contributed by atoms with E-state index < -0.39 is 116 Å². The van der Waals surface area contributed by atoms with Crippen LogP contribution in [-0.4, -0.2) is 128 Å². The van der Waals surface area contributed by atoms with Crippen LogP contribution in [0.25, 0.3) is 0 Å². The van der Waals surface area contributed by atoms with Gasteiger partial charge in [0.15, 0.2) is 43.0 Å². The third-order valence-corrected chi connectivity index (χ3v) is 13.3. The fourth-order valence-corrected chi connectivity index (χ4v) is 9.25. The molecule has 84 heavy (non-hydrogen) atoms. The predicted octanol–water partition coefficient (Wildman–Crippen LogP) is 8.57. The van der Waals surface area contributed by atoms with E-state index >= 15 is 0 Å². The molecule has 2 saturated heterocycles. The lowest BCUT2D eigenvalue weighted by molar-refractivity contribution is -0.339.